The van der Waals surface area contributed by atoms with E-state index in [1.54, 1.807) is 18.5 Å². The van der Waals surface area contributed by atoms with Crippen LogP contribution in [0.4, 0.5) is 5.95 Å². The van der Waals surface area contributed by atoms with Crippen LogP contribution in [0.1, 0.15) is 5.56 Å². The van der Waals surface area contributed by atoms with Crippen LogP contribution in [0.3, 0.4) is 0 Å². The molecule has 0 bridgehead atoms. The third-order valence-corrected chi connectivity index (χ3v) is 3.91. The average molecular weight is 294 g/mol. The minimum absolute atomic E-state index is 0.0114. The number of nitrogen functional groups attached to an aromatic ring is 1. The first-order valence-corrected chi connectivity index (χ1v) is 7.27. The Morgan fingerprint density at radius 3 is 2.55 bits per heavy atom. The second kappa shape index (κ2) is 6.37. The quantitative estimate of drug-likeness (QED) is 0.492. The van der Waals surface area contributed by atoms with Gasteiger partial charge in [0.05, 0.1) is 12.4 Å². The van der Waals surface area contributed by atoms with Crippen LogP contribution in [-0.2, 0) is 16.4 Å². The first kappa shape index (κ1) is 14.3. The largest absolute Gasteiger partial charge is 0.292 e. The fourth-order valence-corrected chi connectivity index (χ4v) is 2.41. The summed E-state index contributed by atoms with van der Waals surface area (Å²) in [5, 5.41) is 0. The van der Waals surface area contributed by atoms with Crippen molar-refractivity contribution >= 4 is 16.0 Å². The van der Waals surface area contributed by atoms with Gasteiger partial charge in [-0.1, -0.05) is 6.07 Å². The summed E-state index contributed by atoms with van der Waals surface area (Å²) in [6.07, 6.45) is 6.29. The monoisotopic (exact) mass is 294 g/mol. The lowest BCUT2D eigenvalue weighted by atomic mass is 10.2. The molecule has 0 amide bonds. The zero-order valence-corrected chi connectivity index (χ0v) is 11.3. The summed E-state index contributed by atoms with van der Waals surface area (Å²) >= 11 is 0. The summed E-state index contributed by atoms with van der Waals surface area (Å²) < 4.78 is 26.4. The topological polar surface area (TPSA) is 123 Å². The molecule has 0 unspecified atom stereocenters. The van der Waals surface area contributed by atoms with Crippen molar-refractivity contribution in [3.05, 3.63) is 42.5 Å². The van der Waals surface area contributed by atoms with Crippen molar-refractivity contribution in [1.29, 1.82) is 0 Å². The molecule has 0 aliphatic heterocycles. The highest BCUT2D eigenvalue weighted by Crippen LogP contribution is 2.06. The van der Waals surface area contributed by atoms with Crippen molar-refractivity contribution in [2.24, 2.45) is 5.84 Å². The molecule has 2 rings (SSSR count). The van der Waals surface area contributed by atoms with Gasteiger partial charge in [0.15, 0.2) is 0 Å². The second-order valence-electron chi connectivity index (χ2n) is 3.90. The number of aromatic nitrogens is 3. The maximum atomic E-state index is 12.0. The van der Waals surface area contributed by atoms with Gasteiger partial charge in [-0.3, -0.25) is 10.4 Å². The van der Waals surface area contributed by atoms with Gasteiger partial charge in [0, 0.05) is 18.9 Å². The van der Waals surface area contributed by atoms with Crippen molar-refractivity contribution in [3.63, 3.8) is 0 Å². The Labute approximate surface area is 116 Å². The Morgan fingerprint density at radius 2 is 1.95 bits per heavy atom. The molecular formula is C11H14N6O2S. The van der Waals surface area contributed by atoms with Crippen LogP contribution in [0.2, 0.25) is 0 Å². The molecular weight excluding hydrogens is 280 g/mol. The summed E-state index contributed by atoms with van der Waals surface area (Å²) in [5.41, 5.74) is 3.18. The zero-order valence-electron chi connectivity index (χ0n) is 10.5. The number of hydrogen-bond donors (Lipinski definition) is 3. The number of nitrogens with zero attached hydrogens (tertiary/aromatic N) is 3. The van der Waals surface area contributed by atoms with Gasteiger partial charge >= 0.3 is 0 Å². The number of sulfonamides is 1. The van der Waals surface area contributed by atoms with Crippen molar-refractivity contribution in [3.8, 4) is 0 Å². The zero-order chi connectivity index (χ0) is 14.4. The summed E-state index contributed by atoms with van der Waals surface area (Å²) in [4.78, 5) is 11.5. The number of nitrogens with two attached hydrogens (primary N) is 1. The number of hydrazine groups is 1. The van der Waals surface area contributed by atoms with E-state index in [1.165, 1.54) is 12.4 Å². The SMILES string of the molecule is NNc1ncc(S(=O)(=O)NCCc2cccnc2)cn1. The van der Waals surface area contributed by atoms with Crippen LogP contribution < -0.4 is 16.0 Å². The molecule has 20 heavy (non-hydrogen) atoms. The van der Waals surface area contributed by atoms with E-state index in [1.807, 2.05) is 6.07 Å². The van der Waals surface area contributed by atoms with Gasteiger partial charge in [0.1, 0.15) is 4.90 Å². The first-order chi connectivity index (χ1) is 9.62. The highest BCUT2D eigenvalue weighted by atomic mass is 32.2. The number of nitrogens with one attached hydrogen (secondary N) is 2. The molecule has 9 heteroatoms. The molecule has 4 N–H and O–H groups in total. The van der Waals surface area contributed by atoms with Crippen LogP contribution in [0.15, 0.2) is 41.8 Å². The van der Waals surface area contributed by atoms with E-state index in [4.69, 9.17) is 5.84 Å². The van der Waals surface area contributed by atoms with Crippen LogP contribution >= 0.6 is 0 Å². The predicted molar refractivity (Wildman–Crippen MR) is 73.0 cm³/mol. The molecule has 8 nitrogen and oxygen atoms in total. The van der Waals surface area contributed by atoms with Crippen LogP contribution in [0.25, 0.3) is 0 Å². The molecule has 0 spiro atoms. The molecule has 106 valence electrons. The van der Waals surface area contributed by atoms with E-state index >= 15 is 0 Å². The number of rotatable bonds is 6. The summed E-state index contributed by atoms with van der Waals surface area (Å²) in [7, 11) is -3.62. The lowest BCUT2D eigenvalue weighted by Gasteiger charge is -2.06. The molecule has 0 saturated heterocycles. The molecule has 0 aromatic carbocycles. The Morgan fingerprint density at radius 1 is 1.20 bits per heavy atom. The van der Waals surface area contributed by atoms with E-state index in [0.717, 1.165) is 5.56 Å². The van der Waals surface area contributed by atoms with Crippen molar-refractivity contribution in [1.82, 2.24) is 19.7 Å². The Balaban J connectivity index is 1.96. The lowest BCUT2D eigenvalue weighted by molar-refractivity contribution is 0.580. The van der Waals surface area contributed by atoms with Gasteiger partial charge in [-0.2, -0.15) is 0 Å². The first-order valence-electron chi connectivity index (χ1n) is 5.79. The predicted octanol–water partition coefficient (Wildman–Crippen LogP) is -0.322. The van der Waals surface area contributed by atoms with E-state index in [2.05, 4.69) is 25.1 Å². The van der Waals surface area contributed by atoms with Gasteiger partial charge in [-0.05, 0) is 18.1 Å². The molecule has 2 aromatic heterocycles. The van der Waals surface area contributed by atoms with Crippen LogP contribution in [0.5, 0.6) is 0 Å². The molecule has 2 heterocycles. The third-order valence-electron chi connectivity index (χ3n) is 2.50. The van der Waals surface area contributed by atoms with Gasteiger partial charge < -0.3 is 0 Å². The minimum Gasteiger partial charge on any atom is -0.292 e. The maximum absolute atomic E-state index is 12.0. The Kier molecular flexibility index (Phi) is 4.56. The fourth-order valence-electron chi connectivity index (χ4n) is 1.49. The lowest BCUT2D eigenvalue weighted by Crippen LogP contribution is -2.26. The normalized spacial score (nSPS) is 11.2. The second-order valence-corrected chi connectivity index (χ2v) is 5.66. The molecule has 0 aliphatic rings. The summed E-state index contributed by atoms with van der Waals surface area (Å²) in [6, 6.07) is 3.68. The highest BCUT2D eigenvalue weighted by Gasteiger charge is 2.14. The van der Waals surface area contributed by atoms with Crippen molar-refractivity contribution in [2.45, 2.75) is 11.3 Å². The average Bonchev–Trinajstić information content (AvgIpc) is 2.48. The third kappa shape index (κ3) is 3.70. The molecule has 0 fully saturated rings. The fraction of sp³-hybridized carbons (Fsp3) is 0.182. The summed E-state index contributed by atoms with van der Waals surface area (Å²) in [6.45, 7) is 0.269. The van der Waals surface area contributed by atoms with Gasteiger partial charge in [-0.25, -0.2) is 29.0 Å². The smallest absolute Gasteiger partial charge is 0.243 e. The van der Waals surface area contributed by atoms with Gasteiger partial charge in [0.25, 0.3) is 0 Å². The van der Waals surface area contributed by atoms with Crippen LogP contribution in [-0.4, -0.2) is 29.9 Å². The molecule has 2 aromatic rings. The minimum atomic E-state index is -3.62. The standard InChI is InChI=1S/C11H14N6O2S/c12-17-11-14-7-10(8-15-11)20(18,19)16-5-3-9-2-1-4-13-6-9/h1-2,4,6-8,16H,3,5,12H2,(H,14,15,17). The van der Waals surface area contributed by atoms with E-state index in [-0.39, 0.29) is 17.4 Å². The van der Waals surface area contributed by atoms with E-state index < -0.39 is 10.0 Å². The molecule has 0 atom stereocenters. The number of anilines is 1. The van der Waals surface area contributed by atoms with Gasteiger partial charge in [0.2, 0.25) is 16.0 Å². The summed E-state index contributed by atoms with van der Waals surface area (Å²) in [5.74, 6) is 5.26. The van der Waals surface area contributed by atoms with Crippen molar-refractivity contribution in [2.75, 3.05) is 12.0 Å². The molecule has 0 radical (unpaired) electrons. The number of pyridine rings is 1. The van der Waals surface area contributed by atoms with Crippen LogP contribution in [0, 0.1) is 0 Å². The Hall–Kier alpha value is -2.10. The Bertz CT molecular complexity index is 644. The molecule has 0 saturated carbocycles. The maximum Gasteiger partial charge on any atom is 0.243 e. The highest BCUT2D eigenvalue weighted by molar-refractivity contribution is 7.89. The number of hydrogen-bond acceptors (Lipinski definition) is 7. The van der Waals surface area contributed by atoms with Gasteiger partial charge in [-0.15, -0.1) is 0 Å². The van der Waals surface area contributed by atoms with E-state index in [0.29, 0.717) is 6.42 Å². The molecule has 0 aliphatic carbocycles. The van der Waals surface area contributed by atoms with E-state index in [9.17, 15) is 8.42 Å². The van der Waals surface area contributed by atoms with Crippen molar-refractivity contribution < 1.29 is 8.42 Å².